The first-order chi connectivity index (χ1) is 13.0. The van der Waals surface area contributed by atoms with Gasteiger partial charge in [-0.1, -0.05) is 46.1 Å². The SMILES string of the molecule is COCCn1c(=NC(=O)COc2ccc(Cl)cc2Cl)sc2cc(Cl)ccc21. The molecule has 0 atom stereocenters. The molecule has 0 fully saturated rings. The van der Waals surface area contributed by atoms with Gasteiger partial charge in [0.15, 0.2) is 11.4 Å². The van der Waals surface area contributed by atoms with Crippen LogP contribution >= 0.6 is 46.1 Å². The van der Waals surface area contributed by atoms with Crippen molar-refractivity contribution in [2.24, 2.45) is 4.99 Å². The number of carbonyl (C=O) groups excluding carboxylic acids is 1. The number of methoxy groups -OCH3 is 1. The summed E-state index contributed by atoms with van der Waals surface area (Å²) in [5, 5.41) is 1.45. The topological polar surface area (TPSA) is 52.8 Å². The zero-order chi connectivity index (χ0) is 19.4. The summed E-state index contributed by atoms with van der Waals surface area (Å²) in [6, 6.07) is 10.3. The Hall–Kier alpha value is -1.57. The van der Waals surface area contributed by atoms with Crippen LogP contribution in [0.5, 0.6) is 5.75 Å². The van der Waals surface area contributed by atoms with Gasteiger partial charge in [0.05, 0.1) is 21.8 Å². The highest BCUT2D eigenvalue weighted by Crippen LogP contribution is 2.27. The Kier molecular flexibility index (Phi) is 6.78. The van der Waals surface area contributed by atoms with Crippen LogP contribution in [0.3, 0.4) is 0 Å². The number of halogens is 3. The van der Waals surface area contributed by atoms with Crippen LogP contribution in [0, 0.1) is 0 Å². The number of aromatic nitrogens is 1. The molecule has 27 heavy (non-hydrogen) atoms. The van der Waals surface area contributed by atoms with Crippen molar-refractivity contribution >= 4 is 62.3 Å². The summed E-state index contributed by atoms with van der Waals surface area (Å²) in [7, 11) is 1.62. The van der Waals surface area contributed by atoms with E-state index in [9.17, 15) is 4.79 Å². The van der Waals surface area contributed by atoms with Gasteiger partial charge in [-0.2, -0.15) is 4.99 Å². The van der Waals surface area contributed by atoms with Crippen LogP contribution in [0.2, 0.25) is 15.1 Å². The molecule has 0 radical (unpaired) electrons. The minimum atomic E-state index is -0.426. The summed E-state index contributed by atoms with van der Waals surface area (Å²) in [6.45, 7) is 0.821. The third-order valence-electron chi connectivity index (χ3n) is 3.63. The van der Waals surface area contributed by atoms with E-state index in [-0.39, 0.29) is 6.61 Å². The van der Waals surface area contributed by atoms with Gasteiger partial charge in [-0.15, -0.1) is 0 Å². The largest absolute Gasteiger partial charge is 0.482 e. The monoisotopic (exact) mass is 444 g/mol. The maximum atomic E-state index is 12.3. The Bertz CT molecular complexity index is 1050. The molecule has 1 heterocycles. The second-order valence-electron chi connectivity index (χ2n) is 5.51. The summed E-state index contributed by atoms with van der Waals surface area (Å²) in [4.78, 5) is 17.1. The third-order valence-corrected chi connectivity index (χ3v) is 5.44. The van der Waals surface area contributed by atoms with E-state index in [1.165, 1.54) is 11.3 Å². The Labute approximate surface area is 174 Å². The zero-order valence-corrected chi connectivity index (χ0v) is 17.3. The molecular formula is C18H15Cl3N2O3S. The molecule has 142 valence electrons. The van der Waals surface area contributed by atoms with Gasteiger partial charge in [0.25, 0.3) is 5.91 Å². The average Bonchev–Trinajstić information content (AvgIpc) is 2.95. The molecule has 0 saturated heterocycles. The van der Waals surface area contributed by atoms with Crippen LogP contribution in [0.4, 0.5) is 0 Å². The quantitative estimate of drug-likeness (QED) is 0.547. The first kappa shape index (κ1) is 20.2. The van der Waals surface area contributed by atoms with Crippen molar-refractivity contribution in [3.8, 4) is 5.75 Å². The van der Waals surface area contributed by atoms with E-state index in [0.717, 1.165) is 10.2 Å². The number of hydrogen-bond acceptors (Lipinski definition) is 4. The van der Waals surface area contributed by atoms with Gasteiger partial charge in [0, 0.05) is 23.7 Å². The van der Waals surface area contributed by atoms with Crippen molar-refractivity contribution in [2.75, 3.05) is 20.3 Å². The minimum Gasteiger partial charge on any atom is -0.482 e. The van der Waals surface area contributed by atoms with E-state index in [2.05, 4.69) is 4.99 Å². The van der Waals surface area contributed by atoms with Crippen molar-refractivity contribution in [1.82, 2.24) is 4.57 Å². The molecule has 2 aromatic carbocycles. The first-order valence-corrected chi connectivity index (χ1v) is 9.86. The fraction of sp³-hybridized carbons (Fsp3) is 0.222. The number of rotatable bonds is 6. The van der Waals surface area contributed by atoms with Crippen LogP contribution in [0.1, 0.15) is 0 Å². The van der Waals surface area contributed by atoms with Crippen molar-refractivity contribution in [2.45, 2.75) is 6.54 Å². The Morgan fingerprint density at radius 2 is 1.89 bits per heavy atom. The average molecular weight is 446 g/mol. The molecule has 3 aromatic rings. The molecule has 1 aromatic heterocycles. The predicted octanol–water partition coefficient (Wildman–Crippen LogP) is 4.82. The molecule has 3 rings (SSSR count). The van der Waals surface area contributed by atoms with Crippen LogP contribution in [-0.2, 0) is 16.1 Å². The number of carbonyl (C=O) groups is 1. The molecule has 0 spiro atoms. The molecule has 0 N–H and O–H groups in total. The van der Waals surface area contributed by atoms with E-state index in [4.69, 9.17) is 44.3 Å². The number of fused-ring (bicyclic) bond motifs is 1. The highest BCUT2D eigenvalue weighted by molar-refractivity contribution is 7.16. The molecule has 0 bridgehead atoms. The van der Waals surface area contributed by atoms with E-state index in [1.807, 2.05) is 16.7 Å². The second kappa shape index (κ2) is 9.08. The highest BCUT2D eigenvalue weighted by atomic mass is 35.5. The molecule has 0 unspecified atom stereocenters. The van der Waals surface area contributed by atoms with E-state index < -0.39 is 5.91 Å². The van der Waals surface area contributed by atoms with Crippen molar-refractivity contribution in [1.29, 1.82) is 0 Å². The fourth-order valence-electron chi connectivity index (χ4n) is 2.40. The second-order valence-corrected chi connectivity index (χ2v) is 7.80. The van der Waals surface area contributed by atoms with Crippen LogP contribution in [0.15, 0.2) is 41.4 Å². The fourth-order valence-corrected chi connectivity index (χ4v) is 4.21. The Balaban J connectivity index is 1.86. The first-order valence-electron chi connectivity index (χ1n) is 7.91. The van der Waals surface area contributed by atoms with Crippen molar-refractivity contribution < 1.29 is 14.3 Å². The lowest BCUT2D eigenvalue weighted by Crippen LogP contribution is -2.21. The van der Waals surface area contributed by atoms with E-state index in [1.54, 1.807) is 31.4 Å². The number of nitrogens with zero attached hydrogens (tertiary/aromatic N) is 2. The molecule has 1 amide bonds. The normalized spacial score (nSPS) is 11.9. The van der Waals surface area contributed by atoms with Gasteiger partial charge < -0.3 is 14.0 Å². The smallest absolute Gasteiger partial charge is 0.286 e. The number of benzene rings is 2. The van der Waals surface area contributed by atoms with E-state index in [0.29, 0.717) is 38.8 Å². The number of hydrogen-bond donors (Lipinski definition) is 0. The number of thiazole rings is 1. The van der Waals surface area contributed by atoms with Gasteiger partial charge >= 0.3 is 0 Å². The standard InChI is InChI=1S/C18H15Cl3N2O3S/c1-25-7-6-23-14-4-2-12(20)9-16(14)27-18(23)22-17(24)10-26-15-5-3-11(19)8-13(15)21/h2-5,8-9H,6-7,10H2,1H3. The van der Waals surface area contributed by atoms with Crippen molar-refractivity contribution in [3.05, 3.63) is 56.3 Å². The lowest BCUT2D eigenvalue weighted by molar-refractivity contribution is -0.120. The minimum absolute atomic E-state index is 0.235. The Morgan fingerprint density at radius 1 is 1.15 bits per heavy atom. The zero-order valence-electron chi connectivity index (χ0n) is 14.2. The molecule has 0 saturated carbocycles. The number of amides is 1. The third kappa shape index (κ3) is 5.03. The van der Waals surface area contributed by atoms with E-state index >= 15 is 0 Å². The molecule has 0 aliphatic carbocycles. The molecule has 9 heteroatoms. The number of ether oxygens (including phenoxy) is 2. The summed E-state index contributed by atoms with van der Waals surface area (Å²) >= 11 is 19.3. The maximum absolute atomic E-state index is 12.3. The summed E-state index contributed by atoms with van der Waals surface area (Å²) in [5.41, 5.74) is 0.940. The van der Waals surface area contributed by atoms with Gasteiger partial charge in [0.2, 0.25) is 0 Å². The molecule has 0 aliphatic rings. The van der Waals surface area contributed by atoms with Crippen molar-refractivity contribution in [3.63, 3.8) is 0 Å². The predicted molar refractivity (Wildman–Crippen MR) is 109 cm³/mol. The Morgan fingerprint density at radius 3 is 2.63 bits per heavy atom. The lowest BCUT2D eigenvalue weighted by Gasteiger charge is -2.06. The highest BCUT2D eigenvalue weighted by Gasteiger charge is 2.10. The summed E-state index contributed by atoms with van der Waals surface area (Å²) in [6.07, 6.45) is 0. The van der Waals surface area contributed by atoms with Crippen LogP contribution in [-0.4, -0.2) is 30.8 Å². The van der Waals surface area contributed by atoms with Gasteiger partial charge in [-0.25, -0.2) is 0 Å². The maximum Gasteiger partial charge on any atom is 0.286 e. The van der Waals surface area contributed by atoms with Gasteiger partial charge in [-0.05, 0) is 36.4 Å². The lowest BCUT2D eigenvalue weighted by atomic mass is 10.3. The van der Waals surface area contributed by atoms with Crippen LogP contribution < -0.4 is 9.54 Å². The summed E-state index contributed by atoms with van der Waals surface area (Å²) < 4.78 is 13.5. The molecule has 0 aliphatic heterocycles. The molecule has 5 nitrogen and oxygen atoms in total. The summed E-state index contributed by atoms with van der Waals surface area (Å²) in [5.74, 6) is -0.0511. The molecular weight excluding hydrogens is 431 g/mol. The van der Waals surface area contributed by atoms with Crippen LogP contribution in [0.25, 0.3) is 10.2 Å². The van der Waals surface area contributed by atoms with Gasteiger partial charge in [0.1, 0.15) is 5.75 Å². The van der Waals surface area contributed by atoms with Gasteiger partial charge in [-0.3, -0.25) is 4.79 Å².